The highest BCUT2D eigenvalue weighted by Gasteiger charge is 2.48. The van der Waals surface area contributed by atoms with Crippen molar-refractivity contribution < 1.29 is 23.9 Å². The summed E-state index contributed by atoms with van der Waals surface area (Å²) >= 11 is 0. The predicted molar refractivity (Wildman–Crippen MR) is 95.9 cm³/mol. The number of para-hydroxylation sites is 1. The van der Waals surface area contributed by atoms with E-state index in [4.69, 9.17) is 4.74 Å². The Morgan fingerprint density at radius 3 is 2.56 bits per heavy atom. The van der Waals surface area contributed by atoms with Crippen LogP contribution in [-0.4, -0.2) is 59.8 Å². The van der Waals surface area contributed by atoms with E-state index in [-0.39, 0.29) is 6.04 Å². The molecule has 144 valence electrons. The highest BCUT2D eigenvalue weighted by atomic mass is 16.5. The molecular formula is C19H23N3O5. The topological polar surface area (TPSA) is 96.0 Å². The Bertz CT molecular complexity index is 757. The van der Waals surface area contributed by atoms with Gasteiger partial charge in [0.15, 0.2) is 0 Å². The summed E-state index contributed by atoms with van der Waals surface area (Å²) in [5.41, 5.74) is 0.941. The lowest BCUT2D eigenvalue weighted by Gasteiger charge is -2.20. The molecule has 1 aliphatic carbocycles. The molecule has 0 bridgehead atoms. The molecule has 0 radical (unpaired) electrons. The first-order valence-corrected chi connectivity index (χ1v) is 9.10. The number of methoxy groups -OCH3 is 1. The zero-order valence-corrected chi connectivity index (χ0v) is 15.3. The molecule has 0 atom stereocenters. The van der Waals surface area contributed by atoms with E-state index in [2.05, 4.69) is 5.32 Å². The SMILES string of the molecule is COc1ccccc1CCNC(=O)CN1C(=O)C(=O)N(C2CCCC2)C1=O. The van der Waals surface area contributed by atoms with E-state index in [1.54, 1.807) is 7.11 Å². The molecule has 3 rings (SSSR count). The molecule has 1 aromatic carbocycles. The van der Waals surface area contributed by atoms with Gasteiger partial charge in [-0.05, 0) is 30.9 Å². The van der Waals surface area contributed by atoms with Crippen molar-refractivity contribution in [3.8, 4) is 5.75 Å². The Kier molecular flexibility index (Phi) is 5.73. The van der Waals surface area contributed by atoms with Gasteiger partial charge in [0, 0.05) is 12.6 Å². The number of nitrogens with zero attached hydrogens (tertiary/aromatic N) is 2. The Balaban J connectivity index is 1.53. The summed E-state index contributed by atoms with van der Waals surface area (Å²) in [5.74, 6) is -1.50. The maximum absolute atomic E-state index is 12.4. The summed E-state index contributed by atoms with van der Waals surface area (Å²) in [5, 5.41) is 2.68. The zero-order chi connectivity index (χ0) is 19.4. The minimum Gasteiger partial charge on any atom is -0.496 e. The third-order valence-corrected chi connectivity index (χ3v) is 4.98. The molecule has 5 amide bonds. The van der Waals surface area contributed by atoms with Crippen LogP contribution in [0, 0.1) is 0 Å². The first kappa shape index (κ1) is 18.9. The monoisotopic (exact) mass is 373 g/mol. The molecular weight excluding hydrogens is 350 g/mol. The van der Waals surface area contributed by atoms with Gasteiger partial charge in [0.2, 0.25) is 5.91 Å². The van der Waals surface area contributed by atoms with Crippen LogP contribution in [0.4, 0.5) is 4.79 Å². The molecule has 1 heterocycles. The number of rotatable bonds is 7. The normalized spacial score (nSPS) is 17.7. The van der Waals surface area contributed by atoms with E-state index in [9.17, 15) is 19.2 Å². The van der Waals surface area contributed by atoms with Crippen molar-refractivity contribution in [2.75, 3.05) is 20.2 Å². The van der Waals surface area contributed by atoms with E-state index in [0.717, 1.165) is 34.0 Å². The van der Waals surface area contributed by atoms with Gasteiger partial charge < -0.3 is 10.1 Å². The molecule has 0 aromatic heterocycles. The molecule has 1 saturated heterocycles. The smallest absolute Gasteiger partial charge is 0.334 e. The van der Waals surface area contributed by atoms with Crippen LogP contribution in [0.5, 0.6) is 5.75 Å². The minimum absolute atomic E-state index is 0.229. The number of urea groups is 1. The Hall–Kier alpha value is -2.90. The average molecular weight is 373 g/mol. The summed E-state index contributed by atoms with van der Waals surface area (Å²) in [4.78, 5) is 50.6. The number of amides is 5. The van der Waals surface area contributed by atoms with Crippen molar-refractivity contribution in [3.05, 3.63) is 29.8 Å². The summed E-state index contributed by atoms with van der Waals surface area (Å²) < 4.78 is 5.26. The molecule has 1 aliphatic heterocycles. The van der Waals surface area contributed by atoms with Gasteiger partial charge >= 0.3 is 17.8 Å². The van der Waals surface area contributed by atoms with Crippen molar-refractivity contribution in [2.45, 2.75) is 38.1 Å². The van der Waals surface area contributed by atoms with Crippen molar-refractivity contribution in [1.29, 1.82) is 0 Å². The predicted octanol–water partition coefficient (Wildman–Crippen LogP) is 1.09. The average Bonchev–Trinajstić information content (AvgIpc) is 3.26. The van der Waals surface area contributed by atoms with Gasteiger partial charge in [-0.3, -0.25) is 19.3 Å². The molecule has 1 N–H and O–H groups in total. The van der Waals surface area contributed by atoms with Crippen molar-refractivity contribution >= 4 is 23.8 Å². The molecule has 1 aromatic rings. The van der Waals surface area contributed by atoms with Crippen LogP contribution in [0.3, 0.4) is 0 Å². The number of hydrogen-bond acceptors (Lipinski definition) is 5. The Labute approximate surface area is 157 Å². The first-order chi connectivity index (χ1) is 13.0. The maximum Gasteiger partial charge on any atom is 0.334 e. The van der Waals surface area contributed by atoms with Gasteiger partial charge in [0.25, 0.3) is 0 Å². The second-order valence-electron chi connectivity index (χ2n) is 6.70. The fourth-order valence-corrected chi connectivity index (χ4v) is 3.59. The van der Waals surface area contributed by atoms with E-state index in [0.29, 0.717) is 25.8 Å². The summed E-state index contributed by atoms with van der Waals surface area (Å²) in [7, 11) is 1.58. The van der Waals surface area contributed by atoms with Crippen LogP contribution < -0.4 is 10.1 Å². The third kappa shape index (κ3) is 3.94. The number of nitrogens with one attached hydrogen (secondary N) is 1. The quantitative estimate of drug-likeness (QED) is 0.570. The number of carbonyl (C=O) groups is 4. The largest absolute Gasteiger partial charge is 0.496 e. The zero-order valence-electron chi connectivity index (χ0n) is 15.3. The van der Waals surface area contributed by atoms with E-state index in [1.165, 1.54) is 0 Å². The van der Waals surface area contributed by atoms with Gasteiger partial charge in [-0.2, -0.15) is 0 Å². The molecule has 0 spiro atoms. The van der Waals surface area contributed by atoms with Crippen molar-refractivity contribution in [3.63, 3.8) is 0 Å². The Morgan fingerprint density at radius 1 is 1.15 bits per heavy atom. The first-order valence-electron chi connectivity index (χ1n) is 9.10. The lowest BCUT2D eigenvalue weighted by atomic mass is 10.1. The van der Waals surface area contributed by atoms with Crippen LogP contribution in [-0.2, 0) is 20.8 Å². The molecule has 2 fully saturated rings. The van der Waals surface area contributed by atoms with Gasteiger partial charge in [0.1, 0.15) is 12.3 Å². The van der Waals surface area contributed by atoms with Crippen LogP contribution in [0.2, 0.25) is 0 Å². The molecule has 27 heavy (non-hydrogen) atoms. The van der Waals surface area contributed by atoms with Crippen LogP contribution in [0.25, 0.3) is 0 Å². The van der Waals surface area contributed by atoms with Gasteiger partial charge in [-0.1, -0.05) is 31.0 Å². The second-order valence-corrected chi connectivity index (χ2v) is 6.70. The number of benzene rings is 1. The summed E-state index contributed by atoms with van der Waals surface area (Å²) in [6.07, 6.45) is 3.83. The molecule has 2 aliphatic rings. The van der Waals surface area contributed by atoms with E-state index < -0.39 is 30.3 Å². The van der Waals surface area contributed by atoms with Gasteiger partial charge in [-0.15, -0.1) is 0 Å². The highest BCUT2D eigenvalue weighted by Crippen LogP contribution is 2.27. The number of ether oxygens (including phenoxy) is 1. The lowest BCUT2D eigenvalue weighted by molar-refractivity contribution is -0.144. The molecule has 8 nitrogen and oxygen atoms in total. The van der Waals surface area contributed by atoms with Crippen molar-refractivity contribution in [1.82, 2.24) is 15.1 Å². The number of imide groups is 2. The van der Waals surface area contributed by atoms with Crippen LogP contribution in [0.15, 0.2) is 24.3 Å². The highest BCUT2D eigenvalue weighted by molar-refractivity contribution is 6.45. The standard InChI is InChI=1S/C19H23N3O5/c1-27-15-9-5-2-6-13(15)10-11-20-16(23)12-21-17(24)18(25)22(19(21)26)14-7-3-4-8-14/h2,5-6,9,14H,3-4,7-8,10-12H2,1H3,(H,20,23). The van der Waals surface area contributed by atoms with E-state index >= 15 is 0 Å². The fraction of sp³-hybridized carbons (Fsp3) is 0.474. The summed E-state index contributed by atoms with van der Waals surface area (Å²) in [6, 6.07) is 6.56. The number of hydrogen-bond donors (Lipinski definition) is 1. The van der Waals surface area contributed by atoms with E-state index in [1.807, 2.05) is 24.3 Å². The fourth-order valence-electron chi connectivity index (χ4n) is 3.59. The van der Waals surface area contributed by atoms with Crippen LogP contribution >= 0.6 is 0 Å². The van der Waals surface area contributed by atoms with Crippen molar-refractivity contribution in [2.24, 2.45) is 0 Å². The second kappa shape index (κ2) is 8.20. The lowest BCUT2D eigenvalue weighted by Crippen LogP contribution is -2.43. The third-order valence-electron chi connectivity index (χ3n) is 4.98. The van der Waals surface area contributed by atoms with Gasteiger partial charge in [0.05, 0.1) is 7.11 Å². The molecule has 0 unspecified atom stereocenters. The number of carbonyl (C=O) groups excluding carboxylic acids is 4. The minimum atomic E-state index is -0.924. The summed E-state index contributed by atoms with van der Waals surface area (Å²) in [6.45, 7) is -0.117. The van der Waals surface area contributed by atoms with Crippen LogP contribution in [0.1, 0.15) is 31.2 Å². The molecule has 1 saturated carbocycles. The van der Waals surface area contributed by atoms with Gasteiger partial charge in [-0.25, -0.2) is 9.69 Å². The molecule has 8 heteroatoms. The maximum atomic E-state index is 12.4. The Morgan fingerprint density at radius 2 is 1.85 bits per heavy atom.